The summed E-state index contributed by atoms with van der Waals surface area (Å²) in [6.07, 6.45) is 3.71. The predicted octanol–water partition coefficient (Wildman–Crippen LogP) is 1.59. The summed E-state index contributed by atoms with van der Waals surface area (Å²) in [7, 11) is 0. The maximum Gasteiger partial charge on any atom is 0.283 e. The summed E-state index contributed by atoms with van der Waals surface area (Å²) >= 11 is 3.42. The second kappa shape index (κ2) is 6.05. The lowest BCUT2D eigenvalue weighted by Gasteiger charge is -2.36. The molecule has 0 bridgehead atoms. The molecule has 0 spiro atoms. The summed E-state index contributed by atoms with van der Waals surface area (Å²) in [4.78, 5) is 14.3. The van der Waals surface area contributed by atoms with Gasteiger partial charge in [-0.25, -0.2) is 4.68 Å². The summed E-state index contributed by atoms with van der Waals surface area (Å²) in [5, 5.41) is 4.24. The van der Waals surface area contributed by atoms with Crippen molar-refractivity contribution >= 4 is 21.6 Å². The molecular formula is C13H21BrN4O. The van der Waals surface area contributed by atoms with Gasteiger partial charge in [-0.3, -0.25) is 4.79 Å². The van der Waals surface area contributed by atoms with Crippen LogP contribution in [-0.4, -0.2) is 28.9 Å². The number of aromatic nitrogens is 2. The number of halogens is 1. The first-order chi connectivity index (χ1) is 9.04. The molecule has 1 aromatic rings. The smallest absolute Gasteiger partial charge is 0.283 e. The normalized spacial score (nSPS) is 23.7. The number of anilines is 1. The van der Waals surface area contributed by atoms with Gasteiger partial charge in [-0.15, -0.1) is 0 Å². The largest absolute Gasteiger partial charge is 0.368 e. The van der Waals surface area contributed by atoms with Gasteiger partial charge in [0, 0.05) is 25.7 Å². The Morgan fingerprint density at radius 1 is 1.58 bits per heavy atom. The van der Waals surface area contributed by atoms with E-state index in [9.17, 15) is 4.79 Å². The van der Waals surface area contributed by atoms with Gasteiger partial charge in [0.1, 0.15) is 4.47 Å². The first kappa shape index (κ1) is 14.5. The van der Waals surface area contributed by atoms with Gasteiger partial charge in [-0.1, -0.05) is 13.8 Å². The summed E-state index contributed by atoms with van der Waals surface area (Å²) in [6, 6.07) is 0.152. The molecule has 2 heterocycles. The van der Waals surface area contributed by atoms with Gasteiger partial charge >= 0.3 is 0 Å². The topological polar surface area (TPSA) is 64.2 Å². The molecule has 1 saturated heterocycles. The lowest BCUT2D eigenvalue weighted by molar-refractivity contribution is 0.378. The third-order valence-electron chi connectivity index (χ3n) is 3.76. The van der Waals surface area contributed by atoms with Crippen molar-refractivity contribution < 1.29 is 0 Å². The minimum absolute atomic E-state index is 0.0634. The Kier molecular flexibility index (Phi) is 4.62. The molecule has 5 nitrogen and oxygen atoms in total. The molecule has 2 unspecified atom stereocenters. The number of piperidine rings is 1. The standard InChI is InChI=1S/C13H21BrN4O/c1-3-5-18-13(19)12(14)11(7-16-18)17-6-4-9(2)10(15)8-17/h7,9-10H,3-6,8,15H2,1-2H3. The van der Waals surface area contributed by atoms with Crippen LogP contribution in [0.1, 0.15) is 26.7 Å². The van der Waals surface area contributed by atoms with Crippen LogP contribution in [0.5, 0.6) is 0 Å². The van der Waals surface area contributed by atoms with Crippen molar-refractivity contribution in [1.82, 2.24) is 9.78 Å². The number of nitrogens with two attached hydrogens (primary N) is 1. The number of aryl methyl sites for hydroxylation is 1. The number of hydrogen-bond acceptors (Lipinski definition) is 4. The van der Waals surface area contributed by atoms with Gasteiger partial charge < -0.3 is 10.6 Å². The van der Waals surface area contributed by atoms with E-state index < -0.39 is 0 Å². The molecule has 19 heavy (non-hydrogen) atoms. The molecule has 0 aromatic carbocycles. The number of nitrogens with zero attached hydrogens (tertiary/aromatic N) is 3. The minimum Gasteiger partial charge on any atom is -0.368 e. The molecule has 1 aromatic heterocycles. The zero-order chi connectivity index (χ0) is 14.0. The molecule has 2 rings (SSSR count). The Labute approximate surface area is 121 Å². The van der Waals surface area contributed by atoms with Crippen molar-refractivity contribution in [3.8, 4) is 0 Å². The van der Waals surface area contributed by atoms with Crippen LogP contribution in [0.15, 0.2) is 15.5 Å². The third-order valence-corrected chi connectivity index (χ3v) is 4.50. The highest BCUT2D eigenvalue weighted by molar-refractivity contribution is 9.10. The minimum atomic E-state index is -0.0634. The van der Waals surface area contributed by atoms with Crippen molar-refractivity contribution in [1.29, 1.82) is 0 Å². The molecule has 0 amide bonds. The molecule has 6 heteroatoms. The summed E-state index contributed by atoms with van der Waals surface area (Å²) in [6.45, 7) is 6.55. The van der Waals surface area contributed by atoms with Crippen LogP contribution >= 0.6 is 15.9 Å². The predicted molar refractivity (Wildman–Crippen MR) is 80.5 cm³/mol. The van der Waals surface area contributed by atoms with Gasteiger partial charge in [-0.2, -0.15) is 5.10 Å². The Morgan fingerprint density at radius 2 is 2.32 bits per heavy atom. The number of rotatable bonds is 3. The molecule has 0 aliphatic carbocycles. The average Bonchev–Trinajstić information content (AvgIpc) is 2.39. The second-order valence-corrected chi connectivity index (χ2v) is 6.04. The maximum absolute atomic E-state index is 12.2. The molecule has 106 valence electrons. The highest BCUT2D eigenvalue weighted by atomic mass is 79.9. The summed E-state index contributed by atoms with van der Waals surface area (Å²) < 4.78 is 2.10. The summed E-state index contributed by atoms with van der Waals surface area (Å²) in [5.41, 5.74) is 6.91. The van der Waals surface area contributed by atoms with Crippen LogP contribution in [-0.2, 0) is 6.54 Å². The highest BCUT2D eigenvalue weighted by Gasteiger charge is 2.25. The molecule has 2 atom stereocenters. The summed E-state index contributed by atoms with van der Waals surface area (Å²) in [5.74, 6) is 0.531. The van der Waals surface area contributed by atoms with E-state index in [1.54, 1.807) is 6.20 Å². The fraction of sp³-hybridized carbons (Fsp3) is 0.692. The molecule has 1 aliphatic rings. The van der Waals surface area contributed by atoms with E-state index in [0.717, 1.165) is 31.6 Å². The van der Waals surface area contributed by atoms with Crippen LogP contribution < -0.4 is 16.2 Å². The van der Waals surface area contributed by atoms with Crippen LogP contribution in [0.2, 0.25) is 0 Å². The van der Waals surface area contributed by atoms with Crippen molar-refractivity contribution in [3.63, 3.8) is 0 Å². The lowest BCUT2D eigenvalue weighted by atomic mass is 9.94. The van der Waals surface area contributed by atoms with Crippen molar-refractivity contribution in [2.75, 3.05) is 18.0 Å². The fourth-order valence-corrected chi connectivity index (χ4v) is 2.92. The Hall–Kier alpha value is -0.880. The molecule has 0 saturated carbocycles. The first-order valence-electron chi connectivity index (χ1n) is 6.80. The molecular weight excluding hydrogens is 308 g/mol. The van der Waals surface area contributed by atoms with Crippen molar-refractivity contribution in [2.24, 2.45) is 11.7 Å². The van der Waals surface area contributed by atoms with E-state index in [-0.39, 0.29) is 11.6 Å². The Balaban J connectivity index is 2.26. The maximum atomic E-state index is 12.2. The van der Waals surface area contributed by atoms with Crippen LogP contribution in [0, 0.1) is 5.92 Å². The number of hydrogen-bond donors (Lipinski definition) is 1. The van der Waals surface area contributed by atoms with E-state index in [2.05, 4.69) is 32.9 Å². The van der Waals surface area contributed by atoms with Gasteiger partial charge in [0.2, 0.25) is 0 Å². The molecule has 1 aliphatic heterocycles. The van der Waals surface area contributed by atoms with Crippen LogP contribution in [0.4, 0.5) is 5.69 Å². The molecule has 0 radical (unpaired) electrons. The third kappa shape index (κ3) is 3.00. The Bertz CT molecular complexity index is 502. The van der Waals surface area contributed by atoms with Gasteiger partial charge in [0.25, 0.3) is 5.56 Å². The van der Waals surface area contributed by atoms with Crippen molar-refractivity contribution in [2.45, 2.75) is 39.3 Å². The van der Waals surface area contributed by atoms with Gasteiger partial charge in [0.05, 0.1) is 11.9 Å². The molecule has 1 fully saturated rings. The monoisotopic (exact) mass is 328 g/mol. The molecule has 2 N–H and O–H groups in total. The van der Waals surface area contributed by atoms with Gasteiger partial charge in [0.15, 0.2) is 0 Å². The van der Waals surface area contributed by atoms with E-state index in [1.165, 1.54) is 4.68 Å². The highest BCUT2D eigenvalue weighted by Crippen LogP contribution is 2.26. The quantitative estimate of drug-likeness (QED) is 0.915. The first-order valence-corrected chi connectivity index (χ1v) is 7.60. The van der Waals surface area contributed by atoms with E-state index in [4.69, 9.17) is 5.73 Å². The SMILES string of the molecule is CCCn1ncc(N2CCC(C)C(N)C2)c(Br)c1=O. The van der Waals surface area contributed by atoms with Crippen LogP contribution in [0.3, 0.4) is 0 Å². The fourth-order valence-electron chi connectivity index (χ4n) is 2.37. The zero-order valence-corrected chi connectivity index (χ0v) is 13.1. The Morgan fingerprint density at radius 3 is 2.95 bits per heavy atom. The average molecular weight is 329 g/mol. The van der Waals surface area contributed by atoms with Crippen molar-refractivity contribution in [3.05, 3.63) is 21.0 Å². The van der Waals surface area contributed by atoms with E-state index in [1.807, 2.05) is 6.92 Å². The zero-order valence-electron chi connectivity index (χ0n) is 11.5. The lowest BCUT2D eigenvalue weighted by Crippen LogP contribution is -2.48. The van der Waals surface area contributed by atoms with Crippen LogP contribution in [0.25, 0.3) is 0 Å². The van der Waals surface area contributed by atoms with Gasteiger partial charge in [-0.05, 0) is 34.7 Å². The van der Waals surface area contributed by atoms with E-state index in [0.29, 0.717) is 16.9 Å². The second-order valence-electron chi connectivity index (χ2n) is 5.25. The van der Waals surface area contributed by atoms with E-state index >= 15 is 0 Å².